The lowest BCUT2D eigenvalue weighted by Crippen LogP contribution is -2.33. The topological polar surface area (TPSA) is 97.4 Å². The average molecular weight is 399 g/mol. The van der Waals surface area contributed by atoms with Gasteiger partial charge in [-0.2, -0.15) is 0 Å². The Bertz CT molecular complexity index is 1010. The number of nitrogens with zero attached hydrogens (tertiary/aromatic N) is 1. The van der Waals surface area contributed by atoms with Crippen LogP contribution in [0.15, 0.2) is 60.1 Å². The van der Waals surface area contributed by atoms with Gasteiger partial charge in [-0.05, 0) is 35.7 Å². The van der Waals surface area contributed by atoms with E-state index in [2.05, 4.69) is 15.6 Å². The van der Waals surface area contributed by atoms with Crippen LogP contribution in [-0.2, 0) is 9.53 Å². The van der Waals surface area contributed by atoms with Crippen molar-refractivity contribution in [3.05, 3.63) is 76.4 Å². The second-order valence-corrected chi connectivity index (χ2v) is 6.38. The van der Waals surface area contributed by atoms with Gasteiger partial charge in [0.15, 0.2) is 6.61 Å². The smallest absolute Gasteiger partial charge is 0.342 e. The highest BCUT2D eigenvalue weighted by molar-refractivity contribution is 7.12. The molecule has 0 atom stereocenters. The van der Waals surface area contributed by atoms with Crippen molar-refractivity contribution in [2.75, 3.05) is 11.9 Å². The van der Waals surface area contributed by atoms with E-state index in [1.165, 1.54) is 47.9 Å². The Balaban J connectivity index is 1.62. The second kappa shape index (κ2) is 8.87. The van der Waals surface area contributed by atoms with Gasteiger partial charge in [0.2, 0.25) is 0 Å². The van der Waals surface area contributed by atoms with E-state index in [-0.39, 0.29) is 17.1 Å². The molecule has 0 saturated carbocycles. The molecule has 2 aromatic heterocycles. The predicted octanol–water partition coefficient (Wildman–Crippen LogP) is 3.14. The van der Waals surface area contributed by atoms with Crippen LogP contribution in [0.3, 0.4) is 0 Å². The quantitative estimate of drug-likeness (QED) is 0.618. The SMILES string of the molecule is O=C(COC(=O)c1cccnc1Nc1ccccc1F)NC(=O)c1cccs1. The molecular formula is C19H14FN3O4S. The number of carbonyl (C=O) groups excluding carboxylic acids is 3. The number of amides is 2. The minimum absolute atomic E-state index is 0.0168. The van der Waals surface area contributed by atoms with Crippen molar-refractivity contribution in [3.8, 4) is 0 Å². The number of esters is 1. The van der Waals surface area contributed by atoms with Crippen molar-refractivity contribution in [1.82, 2.24) is 10.3 Å². The maximum atomic E-state index is 13.8. The van der Waals surface area contributed by atoms with Gasteiger partial charge in [0.1, 0.15) is 17.2 Å². The molecule has 3 rings (SSSR count). The number of carbonyl (C=O) groups is 3. The van der Waals surface area contributed by atoms with Gasteiger partial charge >= 0.3 is 5.97 Å². The molecule has 0 fully saturated rings. The van der Waals surface area contributed by atoms with Gasteiger partial charge < -0.3 is 10.1 Å². The zero-order valence-corrected chi connectivity index (χ0v) is 15.2. The first kappa shape index (κ1) is 19.2. The maximum absolute atomic E-state index is 13.8. The number of rotatable bonds is 6. The fourth-order valence-corrected chi connectivity index (χ4v) is 2.82. The number of hydrogen-bond donors (Lipinski definition) is 2. The van der Waals surface area contributed by atoms with Gasteiger partial charge in [-0.1, -0.05) is 18.2 Å². The third-order valence-corrected chi connectivity index (χ3v) is 4.36. The largest absolute Gasteiger partial charge is 0.452 e. The molecule has 0 bridgehead atoms. The van der Waals surface area contributed by atoms with Gasteiger partial charge in [0, 0.05) is 6.20 Å². The Hall–Kier alpha value is -3.59. The highest BCUT2D eigenvalue weighted by Crippen LogP contribution is 2.21. The minimum Gasteiger partial charge on any atom is -0.452 e. The van der Waals surface area contributed by atoms with Crippen LogP contribution in [0.1, 0.15) is 20.0 Å². The third-order valence-electron chi connectivity index (χ3n) is 3.49. The first-order valence-electron chi connectivity index (χ1n) is 8.06. The summed E-state index contributed by atoms with van der Waals surface area (Å²) >= 11 is 1.18. The number of anilines is 2. The van der Waals surface area contributed by atoms with E-state index >= 15 is 0 Å². The molecule has 28 heavy (non-hydrogen) atoms. The standard InChI is InChI=1S/C19H14FN3O4S/c20-13-6-1-2-7-14(13)22-17-12(5-3-9-21-17)19(26)27-11-16(24)23-18(25)15-8-4-10-28-15/h1-10H,11H2,(H,21,22)(H,23,24,25). The van der Waals surface area contributed by atoms with Crippen molar-refractivity contribution < 1.29 is 23.5 Å². The molecule has 0 unspecified atom stereocenters. The molecular weight excluding hydrogens is 385 g/mol. The summed E-state index contributed by atoms with van der Waals surface area (Å²) in [6.07, 6.45) is 1.42. The summed E-state index contributed by atoms with van der Waals surface area (Å²) in [7, 11) is 0. The fraction of sp³-hybridized carbons (Fsp3) is 0.0526. The van der Waals surface area contributed by atoms with E-state index in [4.69, 9.17) is 4.74 Å². The van der Waals surface area contributed by atoms with E-state index in [1.807, 2.05) is 0 Å². The summed E-state index contributed by atoms with van der Waals surface area (Å²) in [5, 5.41) is 6.55. The first-order valence-corrected chi connectivity index (χ1v) is 8.94. The number of nitrogens with one attached hydrogen (secondary N) is 2. The Morgan fingerprint density at radius 1 is 1.07 bits per heavy atom. The molecule has 2 heterocycles. The molecule has 0 spiro atoms. The van der Waals surface area contributed by atoms with Crippen LogP contribution in [0.5, 0.6) is 0 Å². The second-order valence-electron chi connectivity index (χ2n) is 5.44. The molecule has 7 nitrogen and oxygen atoms in total. The Kier molecular flexibility index (Phi) is 6.07. The molecule has 3 aromatic rings. The zero-order chi connectivity index (χ0) is 19.9. The summed E-state index contributed by atoms with van der Waals surface area (Å²) in [5.41, 5.74) is 0.151. The minimum atomic E-state index is -0.842. The highest BCUT2D eigenvalue weighted by atomic mass is 32.1. The van der Waals surface area contributed by atoms with Crippen LogP contribution in [0.2, 0.25) is 0 Å². The van der Waals surface area contributed by atoms with E-state index in [1.54, 1.807) is 23.6 Å². The van der Waals surface area contributed by atoms with Crippen LogP contribution in [0.25, 0.3) is 0 Å². The zero-order valence-electron chi connectivity index (χ0n) is 14.3. The molecule has 2 amide bonds. The average Bonchev–Trinajstić information content (AvgIpc) is 3.23. The number of pyridine rings is 1. The number of aromatic nitrogens is 1. The maximum Gasteiger partial charge on any atom is 0.342 e. The summed E-state index contributed by atoms with van der Waals surface area (Å²) < 4.78 is 18.8. The Morgan fingerprint density at radius 2 is 1.89 bits per heavy atom. The van der Waals surface area contributed by atoms with Crippen molar-refractivity contribution in [2.24, 2.45) is 0 Å². The van der Waals surface area contributed by atoms with E-state index < -0.39 is 30.2 Å². The number of halogens is 1. The van der Waals surface area contributed by atoms with Crippen LogP contribution in [0, 0.1) is 5.82 Å². The summed E-state index contributed by atoms with van der Waals surface area (Å²) in [6.45, 7) is -0.649. The highest BCUT2D eigenvalue weighted by Gasteiger charge is 2.18. The van der Waals surface area contributed by atoms with Crippen molar-refractivity contribution >= 4 is 40.6 Å². The molecule has 2 N–H and O–H groups in total. The van der Waals surface area contributed by atoms with Crippen LogP contribution < -0.4 is 10.6 Å². The van der Waals surface area contributed by atoms with E-state index in [0.717, 1.165) is 0 Å². The molecule has 0 aliphatic carbocycles. The number of imide groups is 1. The Morgan fingerprint density at radius 3 is 2.64 bits per heavy atom. The molecule has 0 radical (unpaired) electrons. The van der Waals surface area contributed by atoms with Crippen molar-refractivity contribution in [2.45, 2.75) is 0 Å². The number of para-hydroxylation sites is 1. The van der Waals surface area contributed by atoms with Gasteiger partial charge in [-0.25, -0.2) is 14.2 Å². The normalized spacial score (nSPS) is 10.2. The molecule has 0 saturated heterocycles. The van der Waals surface area contributed by atoms with E-state index in [9.17, 15) is 18.8 Å². The van der Waals surface area contributed by atoms with Gasteiger partial charge in [-0.15, -0.1) is 11.3 Å². The monoisotopic (exact) mass is 399 g/mol. The number of thiophene rings is 1. The summed E-state index contributed by atoms with van der Waals surface area (Å²) in [6, 6.07) is 12.1. The van der Waals surface area contributed by atoms with Gasteiger partial charge in [0.05, 0.1) is 10.6 Å². The molecule has 142 valence electrons. The fourth-order valence-electron chi connectivity index (χ4n) is 2.20. The third kappa shape index (κ3) is 4.77. The van der Waals surface area contributed by atoms with Crippen LogP contribution in [-0.4, -0.2) is 29.4 Å². The van der Waals surface area contributed by atoms with E-state index in [0.29, 0.717) is 4.88 Å². The summed E-state index contributed by atoms with van der Waals surface area (Å²) in [5.74, 6) is -2.61. The lowest BCUT2D eigenvalue weighted by atomic mass is 10.2. The molecule has 0 aliphatic heterocycles. The Labute approximate surface area is 163 Å². The summed E-state index contributed by atoms with van der Waals surface area (Å²) in [4.78, 5) is 40.3. The molecule has 0 aliphatic rings. The van der Waals surface area contributed by atoms with Gasteiger partial charge in [0.25, 0.3) is 11.8 Å². The van der Waals surface area contributed by atoms with Crippen LogP contribution in [0.4, 0.5) is 15.9 Å². The van der Waals surface area contributed by atoms with Crippen LogP contribution >= 0.6 is 11.3 Å². The number of ether oxygens (including phenoxy) is 1. The lowest BCUT2D eigenvalue weighted by Gasteiger charge is -2.11. The predicted molar refractivity (Wildman–Crippen MR) is 101 cm³/mol. The molecule has 1 aromatic carbocycles. The molecule has 9 heteroatoms. The lowest BCUT2D eigenvalue weighted by molar-refractivity contribution is -0.123. The number of hydrogen-bond acceptors (Lipinski definition) is 7. The van der Waals surface area contributed by atoms with Crippen molar-refractivity contribution in [3.63, 3.8) is 0 Å². The first-order chi connectivity index (χ1) is 13.5. The van der Waals surface area contributed by atoms with Crippen molar-refractivity contribution in [1.29, 1.82) is 0 Å². The van der Waals surface area contributed by atoms with Gasteiger partial charge in [-0.3, -0.25) is 14.9 Å². The number of benzene rings is 1.